The van der Waals surface area contributed by atoms with Gasteiger partial charge in [0.25, 0.3) is 0 Å². The van der Waals surface area contributed by atoms with Crippen LogP contribution in [-0.2, 0) is 13.0 Å². The maximum atomic E-state index is 9.72. The van der Waals surface area contributed by atoms with Crippen molar-refractivity contribution < 1.29 is 9.84 Å². The summed E-state index contributed by atoms with van der Waals surface area (Å²) in [6.45, 7) is 3.27. The Hall–Kier alpha value is -2.04. The molecule has 0 aromatic heterocycles. The van der Waals surface area contributed by atoms with Crippen LogP contribution in [0.3, 0.4) is 0 Å². The minimum atomic E-state index is 0.0179. The number of nitrogens with zero attached hydrogens (tertiary/aromatic N) is 1. The fourth-order valence-corrected chi connectivity index (χ4v) is 4.02. The summed E-state index contributed by atoms with van der Waals surface area (Å²) in [5.41, 5.74) is 5.98. The maximum absolute atomic E-state index is 9.72. The molecule has 1 saturated heterocycles. The predicted molar refractivity (Wildman–Crippen MR) is 96.7 cm³/mol. The average Bonchev–Trinajstić information content (AvgIpc) is 2.81. The van der Waals surface area contributed by atoms with Crippen molar-refractivity contribution in [2.75, 3.05) is 31.6 Å². The van der Waals surface area contributed by atoms with Gasteiger partial charge in [-0.15, -0.1) is 0 Å². The van der Waals surface area contributed by atoms with Gasteiger partial charge in [-0.05, 0) is 65.9 Å². The fraction of sp³-hybridized carbons (Fsp3) is 0.400. The van der Waals surface area contributed by atoms with Crippen LogP contribution in [0.1, 0.15) is 17.5 Å². The normalized spacial score (nSPS) is 19.6. The second kappa shape index (κ2) is 6.46. The lowest BCUT2D eigenvalue weighted by Gasteiger charge is -2.24. The van der Waals surface area contributed by atoms with E-state index in [-0.39, 0.29) is 6.61 Å². The number of hydrogen-bond donors (Lipinski definition) is 2. The Kier molecular flexibility index (Phi) is 4.17. The molecule has 1 fully saturated rings. The molecule has 0 bridgehead atoms. The number of nitrogens with one attached hydrogen (secondary N) is 1. The first kappa shape index (κ1) is 15.5. The van der Waals surface area contributed by atoms with Gasteiger partial charge < -0.3 is 20.1 Å². The molecule has 0 radical (unpaired) electrons. The summed E-state index contributed by atoms with van der Waals surface area (Å²) in [7, 11) is 1.65. The Bertz CT molecular complexity index is 744. The third kappa shape index (κ3) is 2.66. The molecule has 24 heavy (non-hydrogen) atoms. The highest BCUT2D eigenvalue weighted by atomic mass is 16.5. The van der Waals surface area contributed by atoms with Crippen molar-refractivity contribution in [1.29, 1.82) is 0 Å². The molecular formula is C20H24N2O2. The monoisotopic (exact) mass is 324 g/mol. The second-order valence-corrected chi connectivity index (χ2v) is 6.61. The van der Waals surface area contributed by atoms with Crippen molar-refractivity contribution in [3.8, 4) is 16.9 Å². The van der Waals surface area contributed by atoms with E-state index in [1.165, 1.54) is 23.2 Å². The summed E-state index contributed by atoms with van der Waals surface area (Å²) in [6.07, 6.45) is 2.32. The number of ether oxygens (including phenoxy) is 1. The zero-order chi connectivity index (χ0) is 16.5. The molecule has 1 unspecified atom stereocenters. The second-order valence-electron chi connectivity index (χ2n) is 6.61. The van der Waals surface area contributed by atoms with Crippen molar-refractivity contribution in [3.63, 3.8) is 0 Å². The SMILES string of the molecule is COc1ccc(-c2ccc3c(c2)CC2CCNCCN32)c(CO)c1. The van der Waals surface area contributed by atoms with E-state index < -0.39 is 0 Å². The lowest BCUT2D eigenvalue weighted by atomic mass is 9.96. The summed E-state index contributed by atoms with van der Waals surface area (Å²) in [5.74, 6) is 0.782. The minimum absolute atomic E-state index is 0.0179. The Morgan fingerprint density at radius 3 is 2.96 bits per heavy atom. The van der Waals surface area contributed by atoms with Gasteiger partial charge in [-0.3, -0.25) is 0 Å². The number of aliphatic hydroxyl groups excluding tert-OH is 1. The number of hydrogen-bond acceptors (Lipinski definition) is 4. The van der Waals surface area contributed by atoms with Gasteiger partial charge in [0.1, 0.15) is 5.75 Å². The van der Waals surface area contributed by atoms with E-state index in [2.05, 4.69) is 28.4 Å². The molecule has 1 atom stereocenters. The van der Waals surface area contributed by atoms with Crippen molar-refractivity contribution in [2.45, 2.75) is 25.5 Å². The van der Waals surface area contributed by atoms with Crippen LogP contribution in [0.2, 0.25) is 0 Å². The molecule has 2 aliphatic rings. The third-order valence-corrected chi connectivity index (χ3v) is 5.26. The average molecular weight is 324 g/mol. The molecule has 4 rings (SSSR count). The largest absolute Gasteiger partial charge is 0.497 e. The molecule has 2 heterocycles. The first-order valence-electron chi connectivity index (χ1n) is 8.68. The summed E-state index contributed by atoms with van der Waals surface area (Å²) in [6, 6.07) is 13.3. The van der Waals surface area contributed by atoms with Crippen LogP contribution in [0.4, 0.5) is 5.69 Å². The van der Waals surface area contributed by atoms with Gasteiger partial charge in [0.2, 0.25) is 0 Å². The molecule has 0 saturated carbocycles. The van der Waals surface area contributed by atoms with Gasteiger partial charge in [-0.1, -0.05) is 12.1 Å². The number of rotatable bonds is 3. The van der Waals surface area contributed by atoms with Crippen LogP contribution >= 0.6 is 0 Å². The Labute approximate surface area is 143 Å². The molecule has 126 valence electrons. The Balaban J connectivity index is 1.70. The summed E-state index contributed by atoms with van der Waals surface area (Å²) >= 11 is 0. The van der Waals surface area contributed by atoms with Crippen molar-refractivity contribution in [3.05, 3.63) is 47.5 Å². The zero-order valence-electron chi connectivity index (χ0n) is 14.1. The highest BCUT2D eigenvalue weighted by molar-refractivity contribution is 5.74. The topological polar surface area (TPSA) is 44.7 Å². The molecule has 2 aliphatic heterocycles. The van der Waals surface area contributed by atoms with E-state index >= 15 is 0 Å². The Morgan fingerprint density at radius 1 is 1.21 bits per heavy atom. The van der Waals surface area contributed by atoms with E-state index in [4.69, 9.17) is 4.74 Å². The number of benzene rings is 2. The standard InChI is InChI=1S/C20H24N2O2/c1-24-18-3-4-19(16(12-18)13-23)14-2-5-20-15(10-14)11-17-6-7-21-8-9-22(17)20/h2-5,10,12,17,21,23H,6-9,11,13H2,1H3. The molecule has 0 aliphatic carbocycles. The predicted octanol–water partition coefficient (Wildman–Crippen LogP) is 2.58. The quantitative estimate of drug-likeness (QED) is 0.911. The van der Waals surface area contributed by atoms with E-state index in [1.54, 1.807) is 7.11 Å². The van der Waals surface area contributed by atoms with Crippen LogP contribution in [-0.4, -0.2) is 37.9 Å². The van der Waals surface area contributed by atoms with Gasteiger partial charge in [0.05, 0.1) is 13.7 Å². The first-order valence-corrected chi connectivity index (χ1v) is 8.68. The molecule has 4 nitrogen and oxygen atoms in total. The maximum Gasteiger partial charge on any atom is 0.119 e. The zero-order valence-corrected chi connectivity index (χ0v) is 14.1. The number of aliphatic hydroxyl groups is 1. The Morgan fingerprint density at radius 2 is 2.12 bits per heavy atom. The lowest BCUT2D eigenvalue weighted by Crippen LogP contribution is -2.32. The van der Waals surface area contributed by atoms with Crippen molar-refractivity contribution >= 4 is 5.69 Å². The van der Waals surface area contributed by atoms with Crippen molar-refractivity contribution in [2.24, 2.45) is 0 Å². The number of anilines is 1. The summed E-state index contributed by atoms with van der Waals surface area (Å²) < 4.78 is 5.27. The van der Waals surface area contributed by atoms with Crippen molar-refractivity contribution in [1.82, 2.24) is 5.32 Å². The first-order chi connectivity index (χ1) is 11.8. The van der Waals surface area contributed by atoms with Crippen LogP contribution in [0.5, 0.6) is 5.75 Å². The fourth-order valence-electron chi connectivity index (χ4n) is 4.02. The molecule has 2 aromatic rings. The highest BCUT2D eigenvalue weighted by Crippen LogP contribution is 2.37. The van der Waals surface area contributed by atoms with E-state index in [1.807, 2.05) is 18.2 Å². The van der Waals surface area contributed by atoms with E-state index in [9.17, 15) is 5.11 Å². The smallest absolute Gasteiger partial charge is 0.119 e. The summed E-state index contributed by atoms with van der Waals surface area (Å²) in [5, 5.41) is 13.2. The summed E-state index contributed by atoms with van der Waals surface area (Å²) in [4.78, 5) is 2.56. The molecule has 0 amide bonds. The number of fused-ring (bicyclic) bond motifs is 3. The molecular weight excluding hydrogens is 300 g/mol. The molecule has 2 N–H and O–H groups in total. The van der Waals surface area contributed by atoms with Crippen LogP contribution < -0.4 is 15.0 Å². The lowest BCUT2D eigenvalue weighted by molar-refractivity contribution is 0.281. The minimum Gasteiger partial charge on any atom is -0.497 e. The van der Waals surface area contributed by atoms with Gasteiger partial charge >= 0.3 is 0 Å². The molecule has 4 heteroatoms. The third-order valence-electron chi connectivity index (χ3n) is 5.26. The van der Waals surface area contributed by atoms with Gasteiger partial charge in [0, 0.05) is 24.8 Å². The van der Waals surface area contributed by atoms with Crippen LogP contribution in [0, 0.1) is 0 Å². The van der Waals surface area contributed by atoms with Crippen LogP contribution in [0.15, 0.2) is 36.4 Å². The highest BCUT2D eigenvalue weighted by Gasteiger charge is 2.30. The number of methoxy groups -OCH3 is 1. The van der Waals surface area contributed by atoms with E-state index in [0.29, 0.717) is 6.04 Å². The van der Waals surface area contributed by atoms with Gasteiger partial charge in [0.15, 0.2) is 0 Å². The molecule has 2 aromatic carbocycles. The van der Waals surface area contributed by atoms with Gasteiger partial charge in [-0.25, -0.2) is 0 Å². The molecule has 0 spiro atoms. The van der Waals surface area contributed by atoms with Crippen LogP contribution in [0.25, 0.3) is 11.1 Å². The van der Waals surface area contributed by atoms with E-state index in [0.717, 1.165) is 42.9 Å². The van der Waals surface area contributed by atoms with Gasteiger partial charge in [-0.2, -0.15) is 0 Å².